The highest BCUT2D eigenvalue weighted by Crippen LogP contribution is 2.35. The minimum Gasteiger partial charge on any atom is -0.496 e. The molecule has 0 saturated carbocycles. The first-order valence-electron chi connectivity index (χ1n) is 5.72. The van der Waals surface area contributed by atoms with Crippen molar-refractivity contribution in [3.05, 3.63) is 34.6 Å². The normalized spacial score (nSPS) is 17.8. The molecule has 1 amide bonds. The standard InChI is InChI=1S/C12H11BrN4O2/c1-19-10-3-2-7(13)4-8(10)9-5-11(18)16-12-14-6-15-17(9)12/h2-4,6,9H,5H2,1H3,(H,14,15,16,18)/t9-/m1/s1. The summed E-state index contributed by atoms with van der Waals surface area (Å²) in [6.07, 6.45) is 1.74. The predicted octanol–water partition coefficient (Wildman–Crippen LogP) is 1.98. The van der Waals surface area contributed by atoms with Gasteiger partial charge in [0.2, 0.25) is 11.9 Å². The van der Waals surface area contributed by atoms with Gasteiger partial charge in [-0.15, -0.1) is 0 Å². The third-order valence-corrected chi connectivity index (χ3v) is 3.54. The van der Waals surface area contributed by atoms with Crippen LogP contribution in [0.1, 0.15) is 18.0 Å². The van der Waals surface area contributed by atoms with Gasteiger partial charge in [-0.25, -0.2) is 4.68 Å². The number of fused-ring (bicyclic) bond motifs is 1. The molecule has 2 aromatic rings. The van der Waals surface area contributed by atoms with E-state index >= 15 is 0 Å². The molecule has 1 N–H and O–H groups in total. The number of ether oxygens (including phenoxy) is 1. The number of carbonyl (C=O) groups is 1. The molecular formula is C12H11BrN4O2. The first kappa shape index (κ1) is 12.2. The molecule has 3 rings (SSSR count). The molecule has 19 heavy (non-hydrogen) atoms. The van der Waals surface area contributed by atoms with Crippen LogP contribution in [0, 0.1) is 0 Å². The molecule has 98 valence electrons. The molecule has 0 aliphatic carbocycles. The number of carbonyl (C=O) groups excluding carboxylic acids is 1. The summed E-state index contributed by atoms with van der Waals surface area (Å²) in [6, 6.07) is 5.49. The number of rotatable bonds is 2. The van der Waals surface area contributed by atoms with Gasteiger partial charge >= 0.3 is 0 Å². The van der Waals surface area contributed by atoms with E-state index in [1.165, 1.54) is 6.33 Å². The number of hydrogen-bond donors (Lipinski definition) is 1. The highest BCUT2D eigenvalue weighted by molar-refractivity contribution is 9.10. The van der Waals surface area contributed by atoms with Gasteiger partial charge in [-0.2, -0.15) is 10.1 Å². The first-order valence-corrected chi connectivity index (χ1v) is 6.51. The Morgan fingerprint density at radius 2 is 2.37 bits per heavy atom. The lowest BCUT2D eigenvalue weighted by atomic mass is 10.0. The number of nitrogens with one attached hydrogen (secondary N) is 1. The number of hydrogen-bond acceptors (Lipinski definition) is 4. The van der Waals surface area contributed by atoms with E-state index in [-0.39, 0.29) is 11.9 Å². The number of nitrogens with zero attached hydrogens (tertiary/aromatic N) is 3. The highest BCUT2D eigenvalue weighted by atomic mass is 79.9. The summed E-state index contributed by atoms with van der Waals surface area (Å²) >= 11 is 3.44. The molecule has 0 radical (unpaired) electrons. The van der Waals surface area contributed by atoms with E-state index < -0.39 is 0 Å². The number of halogens is 1. The molecule has 1 aliphatic rings. The van der Waals surface area contributed by atoms with Gasteiger partial charge in [-0.1, -0.05) is 15.9 Å². The fourth-order valence-corrected chi connectivity index (χ4v) is 2.59. The van der Waals surface area contributed by atoms with E-state index in [1.54, 1.807) is 11.8 Å². The van der Waals surface area contributed by atoms with Gasteiger partial charge in [0, 0.05) is 10.0 Å². The third-order valence-electron chi connectivity index (χ3n) is 3.05. The molecule has 0 unspecified atom stereocenters. The van der Waals surface area contributed by atoms with Crippen molar-refractivity contribution in [1.82, 2.24) is 14.8 Å². The van der Waals surface area contributed by atoms with Crippen LogP contribution in [0.25, 0.3) is 0 Å². The van der Waals surface area contributed by atoms with Crippen LogP contribution in [0.15, 0.2) is 29.0 Å². The molecule has 0 saturated heterocycles. The maximum atomic E-state index is 11.7. The minimum atomic E-state index is -0.210. The average Bonchev–Trinajstić information content (AvgIpc) is 2.85. The number of anilines is 1. The van der Waals surface area contributed by atoms with Gasteiger partial charge in [0.15, 0.2) is 0 Å². The topological polar surface area (TPSA) is 69.0 Å². The lowest BCUT2D eigenvalue weighted by Crippen LogP contribution is -2.29. The van der Waals surface area contributed by atoms with Crippen molar-refractivity contribution in [2.75, 3.05) is 12.4 Å². The molecule has 1 aromatic heterocycles. The quantitative estimate of drug-likeness (QED) is 0.917. The average molecular weight is 323 g/mol. The Morgan fingerprint density at radius 3 is 3.16 bits per heavy atom. The fraction of sp³-hybridized carbons (Fsp3) is 0.250. The monoisotopic (exact) mass is 322 g/mol. The number of methoxy groups -OCH3 is 1. The largest absolute Gasteiger partial charge is 0.496 e. The van der Waals surface area contributed by atoms with Gasteiger partial charge in [-0.3, -0.25) is 10.1 Å². The Hall–Kier alpha value is -1.89. The van der Waals surface area contributed by atoms with E-state index in [4.69, 9.17) is 4.74 Å². The number of aromatic nitrogens is 3. The predicted molar refractivity (Wildman–Crippen MR) is 72.1 cm³/mol. The Labute approximate surface area is 117 Å². The van der Waals surface area contributed by atoms with E-state index in [1.807, 2.05) is 18.2 Å². The summed E-state index contributed by atoms with van der Waals surface area (Å²) in [5.41, 5.74) is 0.901. The molecule has 2 heterocycles. The van der Waals surface area contributed by atoms with Crippen molar-refractivity contribution >= 4 is 27.8 Å². The number of benzene rings is 1. The van der Waals surface area contributed by atoms with Crippen LogP contribution in [-0.2, 0) is 4.79 Å². The molecule has 7 heteroatoms. The van der Waals surface area contributed by atoms with Gasteiger partial charge in [0.05, 0.1) is 19.6 Å². The molecular weight excluding hydrogens is 312 g/mol. The zero-order chi connectivity index (χ0) is 13.4. The number of amides is 1. The van der Waals surface area contributed by atoms with Crippen LogP contribution in [0.4, 0.5) is 5.95 Å². The molecule has 0 fully saturated rings. The van der Waals surface area contributed by atoms with Gasteiger partial charge in [0.1, 0.15) is 12.1 Å². The Kier molecular flexibility index (Phi) is 2.98. The second kappa shape index (κ2) is 4.65. The Balaban J connectivity index is 2.13. The van der Waals surface area contributed by atoms with E-state index in [2.05, 4.69) is 31.3 Å². The van der Waals surface area contributed by atoms with Crippen LogP contribution in [-0.4, -0.2) is 27.8 Å². The molecule has 1 aromatic carbocycles. The maximum Gasteiger partial charge on any atom is 0.229 e. The smallest absolute Gasteiger partial charge is 0.229 e. The summed E-state index contributed by atoms with van der Waals surface area (Å²) in [4.78, 5) is 15.8. The summed E-state index contributed by atoms with van der Waals surface area (Å²) in [7, 11) is 1.61. The SMILES string of the molecule is COc1ccc(Br)cc1[C@H]1CC(=O)Nc2ncnn21. The second-order valence-electron chi connectivity index (χ2n) is 4.18. The van der Waals surface area contributed by atoms with Crippen LogP contribution in [0.5, 0.6) is 5.75 Å². The Morgan fingerprint density at radius 1 is 1.53 bits per heavy atom. The zero-order valence-corrected chi connectivity index (χ0v) is 11.7. The van der Waals surface area contributed by atoms with Crippen molar-refractivity contribution < 1.29 is 9.53 Å². The zero-order valence-electron chi connectivity index (χ0n) is 10.1. The summed E-state index contributed by atoms with van der Waals surface area (Å²) in [5.74, 6) is 1.11. The molecule has 0 spiro atoms. The van der Waals surface area contributed by atoms with E-state index in [9.17, 15) is 4.79 Å². The highest BCUT2D eigenvalue weighted by Gasteiger charge is 2.29. The lowest BCUT2D eigenvalue weighted by Gasteiger charge is -2.25. The third kappa shape index (κ3) is 2.10. The van der Waals surface area contributed by atoms with Gasteiger partial charge < -0.3 is 4.74 Å². The van der Waals surface area contributed by atoms with Crippen LogP contribution >= 0.6 is 15.9 Å². The molecule has 0 bridgehead atoms. The summed E-state index contributed by atoms with van der Waals surface area (Å²) in [6.45, 7) is 0. The van der Waals surface area contributed by atoms with Crippen LogP contribution in [0.2, 0.25) is 0 Å². The molecule has 1 atom stereocenters. The van der Waals surface area contributed by atoms with Crippen molar-refractivity contribution in [3.63, 3.8) is 0 Å². The fourth-order valence-electron chi connectivity index (χ4n) is 2.21. The lowest BCUT2D eigenvalue weighted by molar-refractivity contribution is -0.117. The molecule has 6 nitrogen and oxygen atoms in total. The summed E-state index contributed by atoms with van der Waals surface area (Å²) in [5, 5.41) is 6.86. The van der Waals surface area contributed by atoms with Gasteiger partial charge in [0.25, 0.3) is 0 Å². The van der Waals surface area contributed by atoms with E-state index in [0.717, 1.165) is 15.8 Å². The van der Waals surface area contributed by atoms with Gasteiger partial charge in [-0.05, 0) is 18.2 Å². The summed E-state index contributed by atoms with van der Waals surface area (Å²) < 4.78 is 7.99. The minimum absolute atomic E-state index is 0.0764. The van der Waals surface area contributed by atoms with Crippen molar-refractivity contribution in [3.8, 4) is 5.75 Å². The van der Waals surface area contributed by atoms with Crippen molar-refractivity contribution in [2.45, 2.75) is 12.5 Å². The maximum absolute atomic E-state index is 11.7. The van der Waals surface area contributed by atoms with Crippen molar-refractivity contribution in [2.24, 2.45) is 0 Å². The van der Waals surface area contributed by atoms with Crippen molar-refractivity contribution in [1.29, 1.82) is 0 Å². The van der Waals surface area contributed by atoms with E-state index in [0.29, 0.717) is 12.4 Å². The molecule has 1 aliphatic heterocycles. The first-order chi connectivity index (χ1) is 9.19. The van der Waals surface area contributed by atoms with Crippen LogP contribution < -0.4 is 10.1 Å². The Bertz CT molecular complexity index is 640. The second-order valence-corrected chi connectivity index (χ2v) is 5.10. The van der Waals surface area contributed by atoms with Crippen LogP contribution in [0.3, 0.4) is 0 Å².